The molecule has 11 nitrogen and oxygen atoms in total. The molecule has 2 N–H and O–H groups in total. The van der Waals surface area contributed by atoms with E-state index < -0.39 is 17.8 Å². The third kappa shape index (κ3) is 3.81. The van der Waals surface area contributed by atoms with E-state index in [0.717, 1.165) is 0 Å². The molecule has 0 radical (unpaired) electrons. The molecular formula is C16H13BrN4O7. The van der Waals surface area contributed by atoms with Crippen LogP contribution in [0.3, 0.4) is 0 Å². The van der Waals surface area contributed by atoms with E-state index in [1.807, 2.05) is 10.6 Å². The molecule has 1 fully saturated rings. The van der Waals surface area contributed by atoms with Crippen molar-refractivity contribution in [3.05, 3.63) is 44.3 Å². The molecule has 1 saturated heterocycles. The fourth-order valence-corrected chi connectivity index (χ4v) is 2.94. The molecule has 0 saturated carbocycles. The lowest BCUT2D eigenvalue weighted by atomic mass is 10.1. The van der Waals surface area contributed by atoms with Gasteiger partial charge in [-0.3, -0.25) is 24.9 Å². The van der Waals surface area contributed by atoms with Crippen LogP contribution in [-0.4, -0.2) is 30.1 Å². The summed E-state index contributed by atoms with van der Waals surface area (Å²) in [6.07, 6.45) is 1.30. The third-order valence-corrected chi connectivity index (χ3v) is 4.34. The van der Waals surface area contributed by atoms with E-state index in [1.54, 1.807) is 13.0 Å². The highest BCUT2D eigenvalue weighted by Gasteiger charge is 2.28. The van der Waals surface area contributed by atoms with Crippen LogP contribution in [0.4, 0.5) is 4.79 Å². The molecule has 1 aliphatic rings. The number of hydrogen-bond acceptors (Lipinski definition) is 8. The second kappa shape index (κ2) is 7.68. The molecule has 3 rings (SSSR count). The monoisotopic (exact) mass is 452 g/mol. The van der Waals surface area contributed by atoms with Gasteiger partial charge in [0.05, 0.1) is 11.6 Å². The number of urea groups is 1. The lowest BCUT2D eigenvalue weighted by Crippen LogP contribution is -2.51. The molecule has 2 heterocycles. The smallest absolute Gasteiger partial charge is 0.328 e. The Hall–Kier alpha value is -3.41. The van der Waals surface area contributed by atoms with Crippen molar-refractivity contribution < 1.29 is 33.4 Å². The summed E-state index contributed by atoms with van der Waals surface area (Å²) in [5, 5.41) is 19.0. The number of imide groups is 2. The number of carbonyl (C=O) groups is 3. The van der Waals surface area contributed by atoms with E-state index in [2.05, 4.69) is 25.7 Å². The molecule has 1 aromatic heterocycles. The van der Waals surface area contributed by atoms with E-state index >= 15 is 0 Å². The maximum absolute atomic E-state index is 11.8. The van der Waals surface area contributed by atoms with E-state index in [4.69, 9.17) is 9.47 Å². The zero-order chi connectivity index (χ0) is 20.4. The normalized spacial score (nSPS) is 13.8. The number of halogens is 1. The van der Waals surface area contributed by atoms with Crippen LogP contribution in [-0.2, 0) is 16.2 Å². The summed E-state index contributed by atoms with van der Waals surface area (Å²) in [5.41, 5.74) is 0.774. The van der Waals surface area contributed by atoms with Crippen LogP contribution in [0.1, 0.15) is 17.0 Å². The van der Waals surface area contributed by atoms with Crippen LogP contribution in [0.5, 0.6) is 11.5 Å². The predicted molar refractivity (Wildman–Crippen MR) is 94.9 cm³/mol. The Balaban J connectivity index is 1.89. The molecule has 1 aliphatic heterocycles. The highest BCUT2D eigenvalue weighted by atomic mass is 79.9. The molecule has 28 heavy (non-hydrogen) atoms. The van der Waals surface area contributed by atoms with Crippen LogP contribution in [0, 0.1) is 12.1 Å². The van der Waals surface area contributed by atoms with Crippen molar-refractivity contribution in [3.63, 3.8) is 0 Å². The summed E-state index contributed by atoms with van der Waals surface area (Å²) >= 11 is 3.33. The summed E-state index contributed by atoms with van der Waals surface area (Å²) in [7, 11) is 1.41. The number of aromatic nitrogens is 2. The third-order valence-electron chi connectivity index (χ3n) is 3.75. The van der Waals surface area contributed by atoms with Gasteiger partial charge in [0.1, 0.15) is 5.57 Å². The van der Waals surface area contributed by atoms with Crippen LogP contribution in [0.15, 0.2) is 26.8 Å². The van der Waals surface area contributed by atoms with Gasteiger partial charge in [-0.25, -0.2) is 4.79 Å². The van der Waals surface area contributed by atoms with Crippen molar-refractivity contribution in [3.8, 4) is 11.5 Å². The van der Waals surface area contributed by atoms with E-state index in [9.17, 15) is 19.6 Å². The molecular weight excluding hydrogens is 440 g/mol. The second-order valence-corrected chi connectivity index (χ2v) is 6.43. The van der Waals surface area contributed by atoms with Crippen molar-refractivity contribution in [1.29, 1.82) is 0 Å². The molecule has 1 aromatic carbocycles. The number of methoxy groups -OCH3 is 1. The quantitative estimate of drug-likeness (QED) is 0.383. The summed E-state index contributed by atoms with van der Waals surface area (Å²) in [6.45, 7) is 1.48. The minimum Gasteiger partial charge on any atom is -0.493 e. The number of nitrogens with zero attached hydrogens (tertiary/aromatic N) is 2. The van der Waals surface area contributed by atoms with Gasteiger partial charge in [-0.15, -0.1) is 0 Å². The fraction of sp³-hybridized carbons (Fsp3) is 0.188. The molecule has 146 valence electrons. The SMILES string of the molecule is COc1cc(C=C2C(=O)NC(=O)NC2=O)cc(Br)c1OCc1c(C)no[n+]1[O-]. The topological polar surface area (TPSA) is 147 Å². The Morgan fingerprint density at radius 2 is 1.96 bits per heavy atom. The minimum absolute atomic E-state index is 0.124. The number of barbiturate groups is 1. The van der Waals surface area contributed by atoms with E-state index in [0.29, 0.717) is 15.7 Å². The van der Waals surface area contributed by atoms with E-state index in [-0.39, 0.29) is 34.3 Å². The Morgan fingerprint density at radius 1 is 1.29 bits per heavy atom. The lowest BCUT2D eigenvalue weighted by Gasteiger charge is -2.15. The van der Waals surface area contributed by atoms with Gasteiger partial charge in [0.25, 0.3) is 11.8 Å². The maximum atomic E-state index is 11.8. The molecule has 2 aromatic rings. The Labute approximate surface area is 165 Å². The first-order chi connectivity index (χ1) is 13.3. The summed E-state index contributed by atoms with van der Waals surface area (Å²) < 4.78 is 15.9. The average molecular weight is 453 g/mol. The van der Waals surface area contributed by atoms with Gasteiger partial charge in [-0.1, -0.05) is 0 Å². The highest BCUT2D eigenvalue weighted by molar-refractivity contribution is 9.10. The number of ether oxygens (including phenoxy) is 2. The first kappa shape index (κ1) is 19.4. The van der Waals surface area contributed by atoms with Gasteiger partial charge in [-0.05, 0) is 44.6 Å². The summed E-state index contributed by atoms with van der Waals surface area (Å²) in [6, 6.07) is 2.22. The molecule has 4 amide bonds. The minimum atomic E-state index is -0.880. The molecule has 0 spiro atoms. The van der Waals surface area contributed by atoms with Crippen LogP contribution >= 0.6 is 15.9 Å². The first-order valence-electron chi connectivity index (χ1n) is 7.74. The number of carbonyl (C=O) groups excluding carboxylic acids is 3. The van der Waals surface area contributed by atoms with Crippen LogP contribution in [0.2, 0.25) is 0 Å². The van der Waals surface area contributed by atoms with Gasteiger partial charge in [0.15, 0.2) is 18.1 Å². The van der Waals surface area contributed by atoms with E-state index in [1.165, 1.54) is 19.3 Å². The fourth-order valence-electron chi connectivity index (χ4n) is 2.37. The number of benzene rings is 1. The number of aryl methyl sites for hydroxylation is 1. The molecule has 0 aliphatic carbocycles. The van der Waals surface area contributed by atoms with Crippen molar-refractivity contribution in [2.45, 2.75) is 13.5 Å². The average Bonchev–Trinajstić information content (AvgIpc) is 2.95. The van der Waals surface area contributed by atoms with Crippen molar-refractivity contribution in [1.82, 2.24) is 15.8 Å². The number of nitrogens with one attached hydrogen (secondary N) is 2. The maximum Gasteiger partial charge on any atom is 0.328 e. The Kier molecular flexibility index (Phi) is 5.31. The highest BCUT2D eigenvalue weighted by Crippen LogP contribution is 2.37. The largest absolute Gasteiger partial charge is 0.493 e. The standard InChI is InChI=1S/C16H13BrN4O7/c1-7-11(21(25)28-20-7)6-27-13-10(17)4-8(5-12(13)26-2)3-9-14(22)18-16(24)19-15(9)23/h3-5H,6H2,1-2H3,(H2,18,19,22,23,24). The second-order valence-electron chi connectivity index (χ2n) is 5.58. The van der Waals surface area contributed by atoms with Crippen molar-refractivity contribution in [2.75, 3.05) is 7.11 Å². The summed E-state index contributed by atoms with van der Waals surface area (Å²) in [4.78, 5) is 35.1. The van der Waals surface area contributed by atoms with Crippen molar-refractivity contribution in [2.24, 2.45) is 0 Å². The zero-order valence-corrected chi connectivity index (χ0v) is 16.2. The van der Waals surface area contributed by atoms with Crippen LogP contribution in [0.25, 0.3) is 6.08 Å². The Morgan fingerprint density at radius 3 is 2.54 bits per heavy atom. The summed E-state index contributed by atoms with van der Waals surface area (Å²) in [5.74, 6) is -1.06. The van der Waals surface area contributed by atoms with Crippen molar-refractivity contribution >= 4 is 39.9 Å². The van der Waals surface area contributed by atoms with Gasteiger partial charge in [0, 0.05) is 12.1 Å². The number of amides is 4. The first-order valence-corrected chi connectivity index (χ1v) is 8.53. The molecule has 12 heteroatoms. The molecule has 0 atom stereocenters. The predicted octanol–water partition coefficient (Wildman–Crippen LogP) is 0.716. The van der Waals surface area contributed by atoms with Gasteiger partial charge >= 0.3 is 6.03 Å². The van der Waals surface area contributed by atoms with Crippen LogP contribution < -0.4 is 25.0 Å². The molecule has 0 bridgehead atoms. The number of rotatable bonds is 5. The number of hydrogen-bond donors (Lipinski definition) is 2. The van der Waals surface area contributed by atoms with Gasteiger partial charge in [-0.2, -0.15) is 0 Å². The zero-order valence-electron chi connectivity index (χ0n) is 14.6. The van der Waals surface area contributed by atoms with Gasteiger partial charge in [0.2, 0.25) is 11.4 Å². The molecule has 0 unspecified atom stereocenters. The van der Waals surface area contributed by atoms with Gasteiger partial charge < -0.3 is 14.7 Å². The Bertz CT molecular complexity index is 973. The lowest BCUT2D eigenvalue weighted by molar-refractivity contribution is -0.808.